The summed E-state index contributed by atoms with van der Waals surface area (Å²) >= 11 is 0. The second-order valence-corrected chi connectivity index (χ2v) is 11.3. The third kappa shape index (κ3) is 5.34. The SMILES string of the molecule is Cc1nn(C)c2c1C1C#CC/C=C\c3c(CCCOc4cccc5c4CCCC5)c(C(=O)O)n(c31)CCCCOC2. The van der Waals surface area contributed by atoms with Crippen LogP contribution < -0.4 is 4.74 Å². The number of carboxylic acids is 1. The fraction of sp³-hybridized carbons (Fsp3) is 0.471. The number of benzene rings is 1. The Balaban J connectivity index is 1.38. The van der Waals surface area contributed by atoms with Crippen LogP contribution in [0.15, 0.2) is 24.3 Å². The molecule has 0 saturated heterocycles. The second kappa shape index (κ2) is 12.0. The van der Waals surface area contributed by atoms with Crippen molar-refractivity contribution in [2.24, 2.45) is 7.05 Å². The van der Waals surface area contributed by atoms with Gasteiger partial charge in [-0.3, -0.25) is 4.68 Å². The molecule has 2 aromatic heterocycles. The fourth-order valence-corrected chi connectivity index (χ4v) is 6.84. The Morgan fingerprint density at radius 2 is 2.10 bits per heavy atom. The van der Waals surface area contributed by atoms with Gasteiger partial charge in [-0.2, -0.15) is 5.10 Å². The zero-order chi connectivity index (χ0) is 28.3. The number of rotatable bonds is 6. The van der Waals surface area contributed by atoms with Crippen LogP contribution in [0.1, 0.15) is 99.8 Å². The van der Waals surface area contributed by atoms with Crippen molar-refractivity contribution in [2.75, 3.05) is 13.2 Å². The van der Waals surface area contributed by atoms with Crippen molar-refractivity contribution >= 4 is 12.0 Å². The van der Waals surface area contributed by atoms with E-state index in [0.717, 1.165) is 71.6 Å². The maximum Gasteiger partial charge on any atom is 0.352 e. The van der Waals surface area contributed by atoms with Crippen LogP contribution in [-0.4, -0.2) is 38.6 Å². The van der Waals surface area contributed by atoms with Gasteiger partial charge in [-0.1, -0.05) is 36.1 Å². The van der Waals surface area contributed by atoms with Crippen molar-refractivity contribution < 1.29 is 19.4 Å². The van der Waals surface area contributed by atoms with Gasteiger partial charge in [0.1, 0.15) is 11.4 Å². The van der Waals surface area contributed by atoms with Gasteiger partial charge in [-0.05, 0) is 81.0 Å². The lowest BCUT2D eigenvalue weighted by Gasteiger charge is -2.19. The summed E-state index contributed by atoms with van der Waals surface area (Å²) in [5.74, 6) is 6.66. The molecule has 7 nitrogen and oxygen atoms in total. The van der Waals surface area contributed by atoms with E-state index >= 15 is 0 Å². The molecule has 1 unspecified atom stereocenters. The monoisotopic (exact) mass is 553 g/mol. The quantitative estimate of drug-likeness (QED) is 0.300. The molecule has 0 spiro atoms. The van der Waals surface area contributed by atoms with Crippen LogP contribution >= 0.6 is 0 Å². The van der Waals surface area contributed by atoms with E-state index in [1.54, 1.807) is 0 Å². The predicted molar refractivity (Wildman–Crippen MR) is 158 cm³/mol. The third-order valence-electron chi connectivity index (χ3n) is 8.70. The largest absolute Gasteiger partial charge is 0.493 e. The first-order chi connectivity index (χ1) is 20.0. The summed E-state index contributed by atoms with van der Waals surface area (Å²) in [5, 5.41) is 15.3. The van der Waals surface area contributed by atoms with Crippen molar-refractivity contribution in [1.29, 1.82) is 0 Å². The highest BCUT2D eigenvalue weighted by Gasteiger charge is 2.33. The summed E-state index contributed by atoms with van der Waals surface area (Å²) in [5.41, 5.74) is 8.93. The van der Waals surface area contributed by atoms with Gasteiger partial charge < -0.3 is 19.1 Å². The number of hydrogen-bond acceptors (Lipinski definition) is 4. The van der Waals surface area contributed by atoms with E-state index in [4.69, 9.17) is 14.6 Å². The van der Waals surface area contributed by atoms with Crippen LogP contribution in [0.5, 0.6) is 5.75 Å². The molecule has 0 saturated carbocycles. The number of allylic oxidation sites excluding steroid dienone is 1. The van der Waals surface area contributed by atoms with Crippen LogP contribution in [0.25, 0.3) is 6.08 Å². The summed E-state index contributed by atoms with van der Waals surface area (Å²) in [6, 6.07) is 6.38. The van der Waals surface area contributed by atoms with E-state index in [0.29, 0.717) is 44.9 Å². The molecule has 1 aromatic carbocycles. The summed E-state index contributed by atoms with van der Waals surface area (Å²) in [6.07, 6.45) is 12.5. The lowest BCUT2D eigenvalue weighted by atomic mass is 9.89. The lowest BCUT2D eigenvalue weighted by Crippen LogP contribution is -2.16. The molecular formula is C34H39N3O4. The minimum absolute atomic E-state index is 0.278. The van der Waals surface area contributed by atoms with Gasteiger partial charge in [-0.25, -0.2) is 4.79 Å². The van der Waals surface area contributed by atoms with Gasteiger partial charge in [0.2, 0.25) is 0 Å². The number of aromatic carboxylic acids is 1. The Morgan fingerprint density at radius 1 is 1.22 bits per heavy atom. The third-order valence-corrected chi connectivity index (χ3v) is 8.70. The Labute approximate surface area is 242 Å². The van der Waals surface area contributed by atoms with E-state index in [2.05, 4.69) is 42.2 Å². The molecule has 41 heavy (non-hydrogen) atoms. The molecule has 1 atom stereocenters. The molecule has 3 aliphatic rings. The summed E-state index contributed by atoms with van der Waals surface area (Å²) in [4.78, 5) is 12.9. The van der Waals surface area contributed by atoms with Gasteiger partial charge in [-0.15, -0.1) is 0 Å². The summed E-state index contributed by atoms with van der Waals surface area (Å²) in [6.45, 7) is 4.27. The molecule has 1 N–H and O–H groups in total. The number of fused-ring (bicyclic) bond motifs is 3. The van der Waals surface area contributed by atoms with Crippen LogP contribution in [0.4, 0.5) is 0 Å². The van der Waals surface area contributed by atoms with E-state index in [1.807, 2.05) is 23.2 Å². The Kier molecular flexibility index (Phi) is 8.02. The molecule has 0 radical (unpaired) electrons. The highest BCUT2D eigenvalue weighted by Crippen LogP contribution is 2.39. The normalized spacial score (nSPS) is 18.8. The molecule has 6 rings (SSSR count). The van der Waals surface area contributed by atoms with E-state index < -0.39 is 5.97 Å². The molecule has 0 amide bonds. The number of nitrogens with zero attached hydrogens (tertiary/aromatic N) is 3. The van der Waals surface area contributed by atoms with Crippen LogP contribution in [-0.2, 0) is 44.2 Å². The Hall–Kier alpha value is -3.76. The van der Waals surface area contributed by atoms with Crippen molar-refractivity contribution in [3.63, 3.8) is 0 Å². The number of aromatic nitrogens is 3. The molecule has 0 fully saturated rings. The highest BCUT2D eigenvalue weighted by molar-refractivity contribution is 5.90. The van der Waals surface area contributed by atoms with Crippen molar-refractivity contribution in [1.82, 2.24) is 14.3 Å². The van der Waals surface area contributed by atoms with Crippen LogP contribution in [0, 0.1) is 18.8 Å². The molecule has 0 bridgehead atoms. The van der Waals surface area contributed by atoms with E-state index in [9.17, 15) is 9.90 Å². The number of carboxylic acid groups (broad SMARTS) is 1. The molecule has 2 aliphatic carbocycles. The minimum atomic E-state index is -0.890. The van der Waals surface area contributed by atoms with Gasteiger partial charge >= 0.3 is 5.97 Å². The number of aryl methyl sites for hydroxylation is 3. The zero-order valence-electron chi connectivity index (χ0n) is 24.2. The summed E-state index contributed by atoms with van der Waals surface area (Å²) in [7, 11) is 1.95. The molecule has 214 valence electrons. The number of ether oxygens (including phenoxy) is 2. The molecule has 7 heteroatoms. The van der Waals surface area contributed by atoms with Crippen molar-refractivity contribution in [3.8, 4) is 17.6 Å². The van der Waals surface area contributed by atoms with E-state index in [1.165, 1.54) is 24.0 Å². The molecular weight excluding hydrogens is 514 g/mol. The first kappa shape index (κ1) is 27.4. The average molecular weight is 554 g/mol. The fourth-order valence-electron chi connectivity index (χ4n) is 6.84. The first-order valence-corrected chi connectivity index (χ1v) is 15.0. The smallest absolute Gasteiger partial charge is 0.352 e. The van der Waals surface area contributed by atoms with Gasteiger partial charge in [0, 0.05) is 43.4 Å². The topological polar surface area (TPSA) is 78.5 Å². The van der Waals surface area contributed by atoms with Gasteiger partial charge in [0.05, 0.1) is 30.5 Å². The van der Waals surface area contributed by atoms with Gasteiger partial charge in [0.15, 0.2) is 0 Å². The Morgan fingerprint density at radius 3 is 2.98 bits per heavy atom. The van der Waals surface area contributed by atoms with Crippen LogP contribution in [0.3, 0.4) is 0 Å². The standard InChI is InChI=1S/C34H39N3O4/c1-23-31-28-16-5-3-4-15-26-27(17-11-21-41-30-18-10-13-24-12-6-7-14-25(24)30)33(34(38)39)37(32(26)28)19-8-9-20-40-22-29(31)36(2)35-23/h4,10,13,15,18,28H,3,6-9,11-12,14,17,19-22H2,1-2H3,(H,38,39)/b15-4-. The van der Waals surface area contributed by atoms with E-state index in [-0.39, 0.29) is 5.92 Å². The molecule has 3 heterocycles. The highest BCUT2D eigenvalue weighted by atomic mass is 16.5. The lowest BCUT2D eigenvalue weighted by molar-refractivity contribution is 0.0682. The minimum Gasteiger partial charge on any atom is -0.493 e. The average Bonchev–Trinajstić information content (AvgIpc) is 3.39. The maximum atomic E-state index is 12.9. The number of carbonyl (C=O) groups is 1. The summed E-state index contributed by atoms with van der Waals surface area (Å²) < 4.78 is 16.3. The van der Waals surface area contributed by atoms with Gasteiger partial charge in [0.25, 0.3) is 0 Å². The predicted octanol–water partition coefficient (Wildman–Crippen LogP) is 5.98. The Bertz CT molecular complexity index is 1550. The first-order valence-electron chi connectivity index (χ1n) is 15.0. The van der Waals surface area contributed by atoms with Crippen LogP contribution in [0.2, 0.25) is 0 Å². The second-order valence-electron chi connectivity index (χ2n) is 11.3. The maximum absolute atomic E-state index is 12.9. The van der Waals surface area contributed by atoms with Crippen molar-refractivity contribution in [2.45, 2.75) is 83.8 Å². The van der Waals surface area contributed by atoms with Crippen molar-refractivity contribution in [3.05, 3.63) is 74.9 Å². The number of hydrogen-bond donors (Lipinski definition) is 1. The molecule has 1 aliphatic heterocycles. The zero-order valence-corrected chi connectivity index (χ0v) is 24.2. The molecule has 3 aromatic rings.